The smallest absolute Gasteiger partial charge is 0.330 e. The van der Waals surface area contributed by atoms with E-state index in [-0.39, 0.29) is 19.4 Å². The van der Waals surface area contributed by atoms with Crippen molar-refractivity contribution < 1.29 is 19.1 Å². The largest absolute Gasteiger partial charge is 0.392 e. The molecule has 0 radical (unpaired) electrons. The molecule has 0 spiro atoms. The van der Waals surface area contributed by atoms with Crippen molar-refractivity contribution in [3.8, 4) is 22.5 Å². The van der Waals surface area contributed by atoms with Crippen LogP contribution in [0.15, 0.2) is 48.5 Å². The zero-order chi connectivity index (χ0) is 30.1. The Morgan fingerprint density at radius 1 is 1.12 bits per heavy atom. The van der Waals surface area contributed by atoms with Crippen LogP contribution in [-0.2, 0) is 38.6 Å². The number of carbonyl (C=O) groups is 3. The Morgan fingerprint density at radius 3 is 2.50 bits per heavy atom. The molecular formula is C29H33ClN8O4. The van der Waals surface area contributed by atoms with Crippen LogP contribution in [0.2, 0.25) is 5.15 Å². The maximum Gasteiger partial charge on any atom is 0.330 e. The molecule has 4 rings (SSSR count). The number of aromatic amines is 1. The minimum absolute atomic E-state index is 0.0514. The number of aromatic nitrogens is 6. The summed E-state index contributed by atoms with van der Waals surface area (Å²) < 4.78 is 6.69. The van der Waals surface area contributed by atoms with Crippen LogP contribution < -0.4 is 11.1 Å². The number of carbonyl (C=O) groups excluding carboxylic acids is 3. The van der Waals surface area contributed by atoms with Crippen molar-refractivity contribution in [2.24, 2.45) is 5.73 Å². The zero-order valence-corrected chi connectivity index (χ0v) is 24.2. The fourth-order valence-corrected chi connectivity index (χ4v) is 4.80. The zero-order valence-electron chi connectivity index (χ0n) is 23.5. The molecule has 0 aliphatic heterocycles. The highest BCUT2D eigenvalue weighted by atomic mass is 35.5. The Hall–Kier alpha value is -4.42. The van der Waals surface area contributed by atoms with Gasteiger partial charge >= 0.3 is 11.9 Å². The normalized spacial score (nSPS) is 11.8. The Kier molecular flexibility index (Phi) is 10.5. The van der Waals surface area contributed by atoms with Crippen LogP contribution >= 0.6 is 11.6 Å². The maximum absolute atomic E-state index is 12.4. The molecule has 0 aliphatic carbocycles. The molecule has 42 heavy (non-hydrogen) atoms. The van der Waals surface area contributed by atoms with Gasteiger partial charge in [-0.2, -0.15) is 5.21 Å². The average molecular weight is 593 g/mol. The summed E-state index contributed by atoms with van der Waals surface area (Å²) in [6, 6.07) is 15.1. The lowest BCUT2D eigenvalue weighted by molar-refractivity contribution is -0.159. The Balaban J connectivity index is 1.54. The van der Waals surface area contributed by atoms with E-state index < -0.39 is 23.9 Å². The molecule has 4 N–H and O–H groups in total. The maximum atomic E-state index is 12.4. The molecule has 1 atom stereocenters. The van der Waals surface area contributed by atoms with E-state index in [1.807, 2.05) is 53.1 Å². The number of halogens is 1. The number of benzene rings is 2. The standard InChI is InChI=1S/C29H33ClN8O4/c1-3-4-9-26-33-24(16-32-23(14-15-25(31)40)29(41)42-18(2)39)27(30)38(26)17-19-10-12-20(13-11-19)21-7-5-6-8-22(21)28-34-36-37-35-28/h5-8,10-13,23,32H,3-4,9,14-17H2,1-2H3,(H2,31,40)(H,34,35,36,37)/t23-/m0/s1. The predicted octanol–water partition coefficient (Wildman–Crippen LogP) is 3.59. The van der Waals surface area contributed by atoms with Crippen LogP contribution in [0.25, 0.3) is 22.5 Å². The number of nitrogens with zero attached hydrogens (tertiary/aromatic N) is 5. The molecule has 0 bridgehead atoms. The minimum atomic E-state index is -0.926. The first kappa shape index (κ1) is 30.5. The van der Waals surface area contributed by atoms with E-state index in [1.165, 1.54) is 0 Å². The first-order valence-electron chi connectivity index (χ1n) is 13.7. The molecule has 2 aromatic heterocycles. The van der Waals surface area contributed by atoms with Gasteiger partial charge in [0.2, 0.25) is 11.7 Å². The molecule has 0 saturated heterocycles. The number of hydrogen-bond acceptors (Lipinski definition) is 9. The van der Waals surface area contributed by atoms with E-state index in [0.29, 0.717) is 23.2 Å². The fraction of sp³-hybridized carbons (Fsp3) is 0.345. The number of unbranched alkanes of at least 4 members (excludes halogenated alkanes) is 1. The van der Waals surface area contributed by atoms with Gasteiger partial charge in [-0.3, -0.25) is 14.9 Å². The molecule has 1 amide bonds. The van der Waals surface area contributed by atoms with Gasteiger partial charge in [-0.25, -0.2) is 9.78 Å². The molecule has 220 valence electrons. The first-order valence-corrected chi connectivity index (χ1v) is 14.0. The number of nitrogens with one attached hydrogen (secondary N) is 2. The van der Waals surface area contributed by atoms with E-state index in [0.717, 1.165) is 54.3 Å². The summed E-state index contributed by atoms with van der Waals surface area (Å²) in [4.78, 5) is 39.8. The number of H-pyrrole nitrogens is 1. The van der Waals surface area contributed by atoms with Crippen molar-refractivity contribution in [3.63, 3.8) is 0 Å². The van der Waals surface area contributed by atoms with E-state index in [4.69, 9.17) is 27.1 Å². The van der Waals surface area contributed by atoms with Crippen molar-refractivity contribution >= 4 is 29.4 Å². The minimum Gasteiger partial charge on any atom is -0.392 e. The molecule has 13 heteroatoms. The van der Waals surface area contributed by atoms with Crippen LogP contribution in [-0.4, -0.2) is 54.1 Å². The molecular weight excluding hydrogens is 560 g/mol. The molecule has 0 saturated carbocycles. The molecule has 12 nitrogen and oxygen atoms in total. The molecule has 0 unspecified atom stereocenters. The van der Waals surface area contributed by atoms with Gasteiger partial charge in [0, 0.05) is 31.9 Å². The van der Waals surface area contributed by atoms with Crippen LogP contribution in [0.5, 0.6) is 0 Å². The third kappa shape index (κ3) is 7.86. The highest BCUT2D eigenvalue weighted by Gasteiger charge is 2.24. The van der Waals surface area contributed by atoms with Gasteiger partial charge in [-0.15, -0.1) is 10.2 Å². The number of imidazole rings is 1. The first-order chi connectivity index (χ1) is 20.3. The summed E-state index contributed by atoms with van der Waals surface area (Å²) in [7, 11) is 0. The van der Waals surface area contributed by atoms with E-state index in [1.54, 1.807) is 0 Å². The number of hydrogen-bond donors (Lipinski definition) is 3. The lowest BCUT2D eigenvalue weighted by Gasteiger charge is -2.15. The Morgan fingerprint density at radius 2 is 1.86 bits per heavy atom. The Labute approximate surface area is 248 Å². The second-order valence-electron chi connectivity index (χ2n) is 9.78. The van der Waals surface area contributed by atoms with Gasteiger partial charge in [0.05, 0.1) is 12.2 Å². The highest BCUT2D eigenvalue weighted by molar-refractivity contribution is 6.30. The lowest BCUT2D eigenvalue weighted by atomic mass is 9.98. The van der Waals surface area contributed by atoms with Crippen LogP contribution in [0, 0.1) is 0 Å². The second-order valence-corrected chi connectivity index (χ2v) is 10.1. The van der Waals surface area contributed by atoms with Gasteiger partial charge in [0.15, 0.2) is 0 Å². The molecule has 2 aromatic carbocycles. The number of rotatable bonds is 14. The lowest BCUT2D eigenvalue weighted by Crippen LogP contribution is -2.39. The van der Waals surface area contributed by atoms with Crippen LogP contribution in [0.3, 0.4) is 0 Å². The number of amides is 1. The summed E-state index contributed by atoms with van der Waals surface area (Å²) >= 11 is 6.83. The highest BCUT2D eigenvalue weighted by Crippen LogP contribution is 2.30. The van der Waals surface area contributed by atoms with Crippen molar-refractivity contribution in [2.75, 3.05) is 0 Å². The number of primary amides is 1. The number of nitrogens with two attached hydrogens (primary N) is 1. The molecule has 2 heterocycles. The second kappa shape index (κ2) is 14.5. The summed E-state index contributed by atoms with van der Waals surface area (Å²) in [6.07, 6.45) is 2.66. The summed E-state index contributed by atoms with van der Waals surface area (Å²) in [6.45, 7) is 3.87. The summed E-state index contributed by atoms with van der Waals surface area (Å²) in [5.41, 5.74) is 9.69. The van der Waals surface area contributed by atoms with E-state index in [2.05, 4.69) is 32.9 Å². The monoisotopic (exact) mass is 592 g/mol. The SMILES string of the molecule is CCCCc1nc(CN[C@@H](CCC(N)=O)C(=O)OC(C)=O)c(Cl)n1Cc1ccc(-c2ccccc2-c2nn[nH]n2)cc1. The van der Waals surface area contributed by atoms with Gasteiger partial charge in [0.25, 0.3) is 0 Å². The van der Waals surface area contributed by atoms with Gasteiger partial charge in [0.1, 0.15) is 17.0 Å². The van der Waals surface area contributed by atoms with Crippen molar-refractivity contribution in [1.29, 1.82) is 0 Å². The van der Waals surface area contributed by atoms with Crippen molar-refractivity contribution in [1.82, 2.24) is 35.5 Å². The Bertz CT molecular complexity index is 1520. The topological polar surface area (TPSA) is 171 Å². The molecule has 0 fully saturated rings. The number of ether oxygens (including phenoxy) is 1. The summed E-state index contributed by atoms with van der Waals surface area (Å²) in [5.74, 6) is -0.741. The average Bonchev–Trinajstić information content (AvgIpc) is 3.61. The number of tetrazole rings is 1. The molecule has 0 aliphatic rings. The number of esters is 2. The third-order valence-electron chi connectivity index (χ3n) is 6.65. The van der Waals surface area contributed by atoms with Gasteiger partial charge < -0.3 is 15.0 Å². The van der Waals surface area contributed by atoms with Crippen molar-refractivity contribution in [2.45, 2.75) is 65.1 Å². The quantitative estimate of drug-likeness (QED) is 0.146. The van der Waals surface area contributed by atoms with E-state index in [9.17, 15) is 14.4 Å². The predicted molar refractivity (Wildman–Crippen MR) is 156 cm³/mol. The fourth-order valence-electron chi connectivity index (χ4n) is 4.53. The number of aryl methyl sites for hydroxylation is 1. The van der Waals surface area contributed by atoms with Crippen LogP contribution in [0.4, 0.5) is 0 Å². The third-order valence-corrected chi connectivity index (χ3v) is 7.07. The van der Waals surface area contributed by atoms with Crippen LogP contribution in [0.1, 0.15) is 56.6 Å². The van der Waals surface area contributed by atoms with Crippen molar-refractivity contribution in [3.05, 3.63) is 70.8 Å². The van der Waals surface area contributed by atoms with E-state index >= 15 is 0 Å². The van der Waals surface area contributed by atoms with Gasteiger partial charge in [-0.05, 0) is 34.7 Å². The summed E-state index contributed by atoms with van der Waals surface area (Å²) in [5, 5.41) is 17.9. The van der Waals surface area contributed by atoms with Gasteiger partial charge in [-0.1, -0.05) is 73.5 Å². The molecule has 4 aromatic rings.